The number of aromatic nitrogens is 1. The van der Waals surface area contributed by atoms with Gasteiger partial charge in [0.25, 0.3) is 5.91 Å². The monoisotopic (exact) mass is 389 g/mol. The first-order valence-corrected chi connectivity index (χ1v) is 9.82. The molecule has 2 aromatic carbocycles. The van der Waals surface area contributed by atoms with Crippen LogP contribution in [-0.4, -0.2) is 31.1 Å². The first-order chi connectivity index (χ1) is 14.1. The zero-order chi connectivity index (χ0) is 20.6. The van der Waals surface area contributed by atoms with Crippen LogP contribution in [0.1, 0.15) is 28.5 Å². The molecular weight excluding hydrogens is 362 g/mol. The van der Waals surface area contributed by atoms with E-state index in [9.17, 15) is 4.79 Å². The summed E-state index contributed by atoms with van der Waals surface area (Å²) in [5.74, 6) is 0.766. The van der Waals surface area contributed by atoms with Crippen LogP contribution < -0.4 is 15.0 Å². The molecule has 0 aliphatic heterocycles. The Kier molecular flexibility index (Phi) is 6.85. The fraction of sp³-hybridized carbons (Fsp3) is 0.250. The number of anilines is 2. The second kappa shape index (κ2) is 9.73. The lowest BCUT2D eigenvalue weighted by Gasteiger charge is -2.21. The summed E-state index contributed by atoms with van der Waals surface area (Å²) >= 11 is 0. The molecule has 150 valence electrons. The summed E-state index contributed by atoms with van der Waals surface area (Å²) in [6, 6.07) is 19.6. The molecule has 5 heteroatoms. The van der Waals surface area contributed by atoms with Crippen LogP contribution in [0.3, 0.4) is 0 Å². The van der Waals surface area contributed by atoms with E-state index in [1.807, 2.05) is 62.4 Å². The Hall–Kier alpha value is -3.34. The SMILES string of the molecule is CCN(C(=O)c1ccc(NCCc2cccc(OC)c2)cn1)c1cccc(C)c1. The number of pyridine rings is 1. The average Bonchev–Trinajstić information content (AvgIpc) is 2.75. The highest BCUT2D eigenvalue weighted by molar-refractivity contribution is 6.04. The van der Waals surface area contributed by atoms with Gasteiger partial charge in [0.15, 0.2) is 0 Å². The van der Waals surface area contributed by atoms with Crippen molar-refractivity contribution in [1.29, 1.82) is 0 Å². The van der Waals surface area contributed by atoms with E-state index >= 15 is 0 Å². The Morgan fingerprint density at radius 2 is 1.93 bits per heavy atom. The Bertz CT molecular complexity index is 954. The fourth-order valence-corrected chi connectivity index (χ4v) is 3.18. The predicted octanol–water partition coefficient (Wildman–Crippen LogP) is 4.72. The number of rotatable bonds is 8. The lowest BCUT2D eigenvalue weighted by atomic mass is 10.1. The van der Waals surface area contributed by atoms with Crippen LogP contribution in [0.4, 0.5) is 11.4 Å². The molecule has 29 heavy (non-hydrogen) atoms. The maximum atomic E-state index is 12.9. The van der Waals surface area contributed by atoms with Crippen LogP contribution in [0.15, 0.2) is 66.9 Å². The van der Waals surface area contributed by atoms with E-state index in [2.05, 4.69) is 16.4 Å². The highest BCUT2D eigenvalue weighted by Gasteiger charge is 2.17. The average molecular weight is 389 g/mol. The molecular formula is C24H27N3O2. The van der Waals surface area contributed by atoms with Gasteiger partial charge in [0.2, 0.25) is 0 Å². The van der Waals surface area contributed by atoms with Gasteiger partial charge in [0.05, 0.1) is 19.0 Å². The molecule has 0 unspecified atom stereocenters. The van der Waals surface area contributed by atoms with Gasteiger partial charge >= 0.3 is 0 Å². The normalized spacial score (nSPS) is 10.4. The Balaban J connectivity index is 1.60. The summed E-state index contributed by atoms with van der Waals surface area (Å²) < 4.78 is 5.26. The van der Waals surface area contributed by atoms with Gasteiger partial charge in [-0.15, -0.1) is 0 Å². The number of hydrogen-bond acceptors (Lipinski definition) is 4. The number of aryl methyl sites for hydroxylation is 1. The standard InChI is InChI=1S/C24H27N3O2/c1-4-27(21-9-5-7-18(2)15-21)24(28)23-12-11-20(17-26-23)25-14-13-19-8-6-10-22(16-19)29-3/h5-12,15-17,25H,4,13-14H2,1-3H3. The van der Waals surface area contributed by atoms with Crippen molar-refractivity contribution in [3.8, 4) is 5.75 Å². The fourth-order valence-electron chi connectivity index (χ4n) is 3.18. The largest absolute Gasteiger partial charge is 0.497 e. The van der Waals surface area contributed by atoms with E-state index in [4.69, 9.17) is 4.74 Å². The molecule has 3 rings (SSSR count). The number of amides is 1. The first-order valence-electron chi connectivity index (χ1n) is 9.82. The zero-order valence-corrected chi connectivity index (χ0v) is 17.2. The molecule has 1 heterocycles. The van der Waals surface area contributed by atoms with E-state index in [1.165, 1.54) is 5.56 Å². The molecule has 1 aromatic heterocycles. The van der Waals surface area contributed by atoms with Gasteiger partial charge in [0, 0.05) is 18.8 Å². The molecule has 0 saturated heterocycles. The number of methoxy groups -OCH3 is 1. The number of carbonyl (C=O) groups excluding carboxylic acids is 1. The zero-order valence-electron chi connectivity index (χ0n) is 17.2. The molecule has 1 N–H and O–H groups in total. The number of benzene rings is 2. The number of nitrogens with one attached hydrogen (secondary N) is 1. The van der Waals surface area contributed by atoms with Crippen LogP contribution in [0.25, 0.3) is 0 Å². The van der Waals surface area contributed by atoms with E-state index in [-0.39, 0.29) is 5.91 Å². The Morgan fingerprint density at radius 1 is 1.10 bits per heavy atom. The summed E-state index contributed by atoms with van der Waals surface area (Å²) in [5.41, 5.74) is 4.54. The van der Waals surface area contributed by atoms with Crippen molar-refractivity contribution in [2.45, 2.75) is 20.3 Å². The first kappa shape index (κ1) is 20.4. The minimum Gasteiger partial charge on any atom is -0.497 e. The molecule has 0 saturated carbocycles. The third-order valence-electron chi connectivity index (χ3n) is 4.73. The third-order valence-corrected chi connectivity index (χ3v) is 4.73. The van der Waals surface area contributed by atoms with E-state index in [0.717, 1.165) is 35.7 Å². The minimum absolute atomic E-state index is 0.0963. The van der Waals surface area contributed by atoms with Crippen LogP contribution in [0, 0.1) is 6.92 Å². The third kappa shape index (κ3) is 5.35. The van der Waals surface area contributed by atoms with E-state index in [1.54, 1.807) is 24.3 Å². The molecule has 0 fully saturated rings. The number of hydrogen-bond donors (Lipinski definition) is 1. The van der Waals surface area contributed by atoms with Gasteiger partial charge in [0.1, 0.15) is 11.4 Å². The molecule has 0 aliphatic carbocycles. The molecule has 0 spiro atoms. The van der Waals surface area contributed by atoms with Crippen LogP contribution in [0.2, 0.25) is 0 Å². The second-order valence-corrected chi connectivity index (χ2v) is 6.85. The number of carbonyl (C=O) groups is 1. The van der Waals surface area contributed by atoms with E-state index < -0.39 is 0 Å². The van der Waals surface area contributed by atoms with Gasteiger partial charge in [-0.05, 0) is 67.8 Å². The van der Waals surface area contributed by atoms with E-state index in [0.29, 0.717) is 12.2 Å². The lowest BCUT2D eigenvalue weighted by Crippen LogP contribution is -2.31. The molecule has 3 aromatic rings. The maximum absolute atomic E-state index is 12.9. The second-order valence-electron chi connectivity index (χ2n) is 6.85. The molecule has 0 atom stereocenters. The topological polar surface area (TPSA) is 54.5 Å². The molecule has 0 aliphatic rings. The van der Waals surface area contributed by atoms with Crippen molar-refractivity contribution in [1.82, 2.24) is 4.98 Å². The summed E-state index contributed by atoms with van der Waals surface area (Å²) in [4.78, 5) is 19.0. The van der Waals surface area contributed by atoms with Gasteiger partial charge in [-0.3, -0.25) is 4.79 Å². The highest BCUT2D eigenvalue weighted by atomic mass is 16.5. The summed E-state index contributed by atoms with van der Waals surface area (Å²) in [6.07, 6.45) is 2.58. The van der Waals surface area contributed by atoms with Gasteiger partial charge in [-0.2, -0.15) is 0 Å². The smallest absolute Gasteiger partial charge is 0.276 e. The van der Waals surface area contributed by atoms with Crippen molar-refractivity contribution >= 4 is 17.3 Å². The summed E-state index contributed by atoms with van der Waals surface area (Å²) in [6.45, 7) is 5.35. The van der Waals surface area contributed by atoms with Gasteiger partial charge < -0.3 is 15.0 Å². The minimum atomic E-state index is -0.0963. The molecule has 1 amide bonds. The van der Waals surface area contributed by atoms with Crippen molar-refractivity contribution in [3.63, 3.8) is 0 Å². The predicted molar refractivity (Wildman–Crippen MR) is 118 cm³/mol. The van der Waals surface area contributed by atoms with Crippen LogP contribution in [0.5, 0.6) is 5.75 Å². The van der Waals surface area contributed by atoms with Crippen molar-refractivity contribution in [2.75, 3.05) is 30.4 Å². The van der Waals surface area contributed by atoms with Crippen LogP contribution >= 0.6 is 0 Å². The highest BCUT2D eigenvalue weighted by Crippen LogP contribution is 2.19. The Morgan fingerprint density at radius 3 is 2.62 bits per heavy atom. The number of ether oxygens (including phenoxy) is 1. The van der Waals surface area contributed by atoms with Gasteiger partial charge in [-0.25, -0.2) is 4.98 Å². The van der Waals surface area contributed by atoms with Crippen LogP contribution in [-0.2, 0) is 6.42 Å². The van der Waals surface area contributed by atoms with Gasteiger partial charge in [-0.1, -0.05) is 24.3 Å². The lowest BCUT2D eigenvalue weighted by molar-refractivity contribution is 0.0983. The Labute approximate surface area is 172 Å². The van der Waals surface area contributed by atoms with Crippen molar-refractivity contribution in [3.05, 3.63) is 83.7 Å². The van der Waals surface area contributed by atoms with Crippen molar-refractivity contribution in [2.24, 2.45) is 0 Å². The van der Waals surface area contributed by atoms with Crippen molar-refractivity contribution < 1.29 is 9.53 Å². The summed E-state index contributed by atoms with van der Waals surface area (Å²) in [5, 5.41) is 3.35. The molecule has 0 radical (unpaired) electrons. The quantitative estimate of drug-likeness (QED) is 0.606. The molecule has 0 bridgehead atoms. The number of nitrogens with zero attached hydrogens (tertiary/aromatic N) is 2. The maximum Gasteiger partial charge on any atom is 0.276 e. The summed E-state index contributed by atoms with van der Waals surface area (Å²) in [7, 11) is 1.67. The molecule has 5 nitrogen and oxygen atoms in total.